The number of hydrogen-bond acceptors (Lipinski definition) is 10. The average Bonchev–Trinajstić information content (AvgIpc) is 3.12. The van der Waals surface area contributed by atoms with Crippen molar-refractivity contribution in [2.45, 2.75) is 78.3 Å². The quantitative estimate of drug-likeness (QED) is 0.122. The van der Waals surface area contributed by atoms with Crippen LogP contribution in [0.5, 0.6) is 0 Å². The van der Waals surface area contributed by atoms with Crippen LogP contribution >= 0.6 is 0 Å². The largest absolute Gasteiger partial charge is 2.00 e. The minimum Gasteiger partial charge on any atom is -0.545 e. The van der Waals surface area contributed by atoms with Crippen molar-refractivity contribution >= 4 is 34.7 Å². The summed E-state index contributed by atoms with van der Waals surface area (Å²) in [5.41, 5.74) is 31.7. The van der Waals surface area contributed by atoms with Crippen molar-refractivity contribution in [1.29, 1.82) is 0 Å². The van der Waals surface area contributed by atoms with Crippen LogP contribution in [0.4, 0.5) is 22.7 Å². The number of carboxylic acids is 2. The van der Waals surface area contributed by atoms with Crippen molar-refractivity contribution < 1.29 is 53.3 Å². The SMILES string of the molecule is Cc1cccc(Nc2ccccc2C(=O)[O-])c1C.Cc1cccc(Nc2ccccc2C(=O)[O-])c1C.NC1=C(N)CC=CC1.N[C@H]1CCCC[C@@H]1N.O.O.O.[Cu+2]. The summed E-state index contributed by atoms with van der Waals surface area (Å²) < 4.78 is 0. The zero-order chi connectivity index (χ0) is 38.2. The van der Waals surface area contributed by atoms with Crippen molar-refractivity contribution in [2.24, 2.45) is 22.9 Å². The average molecular weight is 823 g/mol. The first-order valence-electron chi connectivity index (χ1n) is 17.5. The molecule has 309 valence electrons. The van der Waals surface area contributed by atoms with Crippen molar-refractivity contribution in [3.63, 3.8) is 0 Å². The monoisotopic (exact) mass is 821 g/mol. The number of carbonyl (C=O) groups is 2. The minimum atomic E-state index is -1.18. The van der Waals surface area contributed by atoms with Crippen LogP contribution in [-0.2, 0) is 17.1 Å². The molecule has 0 spiro atoms. The molecule has 1 fully saturated rings. The Balaban J connectivity index is 0. The maximum atomic E-state index is 11.0. The third-order valence-electron chi connectivity index (χ3n) is 9.17. The molecule has 13 nitrogen and oxygen atoms in total. The Hall–Kier alpha value is -5.18. The Kier molecular flexibility index (Phi) is 25.1. The molecule has 2 aliphatic carbocycles. The van der Waals surface area contributed by atoms with E-state index in [1.54, 1.807) is 36.4 Å². The first-order chi connectivity index (χ1) is 24.8. The van der Waals surface area contributed by atoms with E-state index in [4.69, 9.17) is 22.9 Å². The number of anilines is 4. The van der Waals surface area contributed by atoms with Crippen LogP contribution in [0.25, 0.3) is 0 Å². The number of para-hydroxylation sites is 2. The molecule has 4 aromatic rings. The molecular weight excluding hydrogens is 764 g/mol. The van der Waals surface area contributed by atoms with E-state index in [9.17, 15) is 19.8 Å². The number of nitrogens with one attached hydrogen (secondary N) is 2. The van der Waals surface area contributed by atoms with E-state index in [0.717, 1.165) is 70.7 Å². The maximum absolute atomic E-state index is 11.0. The van der Waals surface area contributed by atoms with Gasteiger partial charge in [0.2, 0.25) is 0 Å². The Morgan fingerprint density at radius 3 is 1.18 bits per heavy atom. The van der Waals surface area contributed by atoms with Gasteiger partial charge in [0.1, 0.15) is 0 Å². The van der Waals surface area contributed by atoms with Crippen LogP contribution in [0.3, 0.4) is 0 Å². The van der Waals surface area contributed by atoms with Crippen LogP contribution in [0.15, 0.2) is 108 Å². The molecule has 6 rings (SSSR count). The summed E-state index contributed by atoms with van der Waals surface area (Å²) in [6, 6.07) is 25.8. The smallest absolute Gasteiger partial charge is 0.545 e. The molecule has 4 aromatic carbocycles. The molecule has 14 heteroatoms. The van der Waals surface area contributed by atoms with Crippen LogP contribution in [0, 0.1) is 27.7 Å². The molecule has 0 unspecified atom stereocenters. The molecular formula is C42H58CuN6O7. The second kappa shape index (κ2) is 26.6. The Morgan fingerprint density at radius 1 is 0.554 bits per heavy atom. The summed E-state index contributed by atoms with van der Waals surface area (Å²) in [5, 5.41) is 28.3. The molecule has 0 bridgehead atoms. The van der Waals surface area contributed by atoms with Crippen molar-refractivity contribution in [1.82, 2.24) is 0 Å². The number of nitrogens with two attached hydrogens (primary N) is 4. The van der Waals surface area contributed by atoms with Gasteiger partial charge in [-0.3, -0.25) is 0 Å². The van der Waals surface area contributed by atoms with Crippen LogP contribution in [-0.4, -0.2) is 40.5 Å². The van der Waals surface area contributed by atoms with Crippen molar-refractivity contribution in [2.75, 3.05) is 10.6 Å². The number of allylic oxidation sites excluding steroid dienone is 2. The van der Waals surface area contributed by atoms with Gasteiger partial charge >= 0.3 is 17.1 Å². The van der Waals surface area contributed by atoms with E-state index in [-0.39, 0.29) is 56.7 Å². The molecule has 0 aliphatic heterocycles. The van der Waals surface area contributed by atoms with Crippen molar-refractivity contribution in [3.8, 4) is 0 Å². The zero-order valence-corrected chi connectivity index (χ0v) is 33.3. The van der Waals surface area contributed by atoms with Gasteiger partial charge in [-0.05, 0) is 87.1 Å². The molecule has 0 aromatic heterocycles. The molecule has 1 saturated carbocycles. The Bertz CT molecular complexity index is 1750. The fourth-order valence-corrected chi connectivity index (χ4v) is 5.47. The number of aryl methyl sites for hydroxylation is 2. The van der Waals surface area contributed by atoms with Crippen LogP contribution < -0.4 is 43.8 Å². The first-order valence-corrected chi connectivity index (χ1v) is 17.5. The number of hydrogen-bond donors (Lipinski definition) is 6. The zero-order valence-electron chi connectivity index (χ0n) is 32.4. The molecule has 0 heterocycles. The molecule has 16 N–H and O–H groups in total. The number of aromatic carboxylic acids is 2. The molecule has 2 atom stereocenters. The van der Waals surface area contributed by atoms with Gasteiger partial charge in [0.05, 0.1) is 11.9 Å². The van der Waals surface area contributed by atoms with Gasteiger partial charge in [0, 0.05) is 70.2 Å². The Morgan fingerprint density at radius 2 is 0.875 bits per heavy atom. The second-order valence-electron chi connectivity index (χ2n) is 13.0. The molecule has 2 aliphatic rings. The molecule has 56 heavy (non-hydrogen) atoms. The number of carboxylic acid groups (broad SMARTS) is 2. The summed E-state index contributed by atoms with van der Waals surface area (Å²) in [6.45, 7) is 8.04. The van der Waals surface area contributed by atoms with Gasteiger partial charge in [0.15, 0.2) is 0 Å². The second-order valence-corrected chi connectivity index (χ2v) is 13.0. The van der Waals surface area contributed by atoms with E-state index in [2.05, 4.69) is 10.6 Å². The third-order valence-corrected chi connectivity index (χ3v) is 9.17. The number of carbonyl (C=O) groups excluding carboxylic acids is 2. The third kappa shape index (κ3) is 16.3. The Labute approximate surface area is 340 Å². The molecule has 1 radical (unpaired) electrons. The topological polar surface area (TPSA) is 303 Å². The summed E-state index contributed by atoms with van der Waals surface area (Å²) in [7, 11) is 0. The van der Waals surface area contributed by atoms with Crippen LogP contribution in [0.2, 0.25) is 0 Å². The van der Waals surface area contributed by atoms with E-state index >= 15 is 0 Å². The van der Waals surface area contributed by atoms with Gasteiger partial charge in [0.25, 0.3) is 0 Å². The fraction of sp³-hybridized carbons (Fsp3) is 0.286. The van der Waals surface area contributed by atoms with E-state index in [1.807, 2.05) is 76.2 Å². The standard InChI is InChI=1S/2C15H15NO2.C6H14N2.C6H10N2.Cu.3H2O/c2*1-10-6-5-9-13(11(10)2)16-14-8-4-3-7-12(14)15(17)18;2*7-5-3-1-2-4-6(5)8;;;;/h2*3-9,16H,1-2H3,(H,17,18);5-6H,1-4,7-8H2;1-2H,3-4,7-8H2;;3*1H2/q;;;;+2;;;/p-2/t;;5-,6-;;;;;/m..0...../s1. The minimum absolute atomic E-state index is 0. The maximum Gasteiger partial charge on any atom is 2.00 e. The van der Waals surface area contributed by atoms with Crippen molar-refractivity contribution in [3.05, 3.63) is 142 Å². The number of rotatable bonds is 6. The molecule has 0 saturated heterocycles. The normalized spacial score (nSPS) is 15.0. The van der Waals surface area contributed by atoms with Gasteiger partial charge in [-0.2, -0.15) is 0 Å². The summed E-state index contributed by atoms with van der Waals surface area (Å²) in [6.07, 6.45) is 10.5. The van der Waals surface area contributed by atoms with Gasteiger partial charge in [-0.15, -0.1) is 0 Å². The van der Waals surface area contributed by atoms with Crippen LogP contribution in [0.1, 0.15) is 81.5 Å². The van der Waals surface area contributed by atoms with Gasteiger partial charge in [-0.25, -0.2) is 0 Å². The number of benzene rings is 4. The fourth-order valence-electron chi connectivity index (χ4n) is 5.47. The first kappa shape index (κ1) is 52.9. The molecule has 0 amide bonds. The summed E-state index contributed by atoms with van der Waals surface area (Å²) >= 11 is 0. The van der Waals surface area contributed by atoms with E-state index in [1.165, 1.54) is 25.0 Å². The van der Waals surface area contributed by atoms with E-state index < -0.39 is 11.9 Å². The summed E-state index contributed by atoms with van der Waals surface area (Å²) in [5.74, 6) is -2.35. The predicted octanol–water partition coefficient (Wildman–Crippen LogP) is 3.02. The predicted molar refractivity (Wildman–Crippen MR) is 219 cm³/mol. The summed E-state index contributed by atoms with van der Waals surface area (Å²) in [4.78, 5) is 22.0. The van der Waals surface area contributed by atoms with Gasteiger partial charge < -0.3 is 69.8 Å². The van der Waals surface area contributed by atoms with E-state index in [0.29, 0.717) is 11.4 Å². The van der Waals surface area contributed by atoms with Gasteiger partial charge in [-0.1, -0.05) is 85.7 Å².